The third kappa shape index (κ3) is 4.63. The van der Waals surface area contributed by atoms with Crippen molar-refractivity contribution in [1.29, 1.82) is 0 Å². The van der Waals surface area contributed by atoms with E-state index in [2.05, 4.69) is 5.32 Å². The fraction of sp³-hybridized carbons (Fsp3) is 0.462. The van der Waals surface area contributed by atoms with Crippen LogP contribution in [0.25, 0.3) is 0 Å². The van der Waals surface area contributed by atoms with Gasteiger partial charge in [-0.15, -0.1) is 0 Å². The summed E-state index contributed by atoms with van der Waals surface area (Å²) in [5.74, 6) is 0.517. The first-order valence-electron chi connectivity index (χ1n) is 5.98. The van der Waals surface area contributed by atoms with Crippen molar-refractivity contribution in [2.24, 2.45) is 0 Å². The summed E-state index contributed by atoms with van der Waals surface area (Å²) in [5, 5.41) is 2.79. The maximum absolute atomic E-state index is 11.6. The van der Waals surface area contributed by atoms with Gasteiger partial charge in [-0.2, -0.15) is 0 Å². The number of nitrogens with two attached hydrogens (primary N) is 1. The van der Waals surface area contributed by atoms with Crippen molar-refractivity contribution in [2.75, 3.05) is 31.4 Å². The zero-order valence-electron chi connectivity index (χ0n) is 10.9. The standard InChI is InChI=1S/C13H20N2O3/c1-3-18-8-4-5-13(16)15-10-6-7-11(14)12(9-10)17-2/h6-7,9H,3-5,8,14H2,1-2H3,(H,15,16). The van der Waals surface area contributed by atoms with Gasteiger partial charge in [-0.05, 0) is 25.5 Å². The van der Waals surface area contributed by atoms with Crippen molar-refractivity contribution in [3.63, 3.8) is 0 Å². The van der Waals surface area contributed by atoms with Gasteiger partial charge in [0.1, 0.15) is 5.75 Å². The highest BCUT2D eigenvalue weighted by molar-refractivity contribution is 5.91. The highest BCUT2D eigenvalue weighted by Gasteiger charge is 2.05. The van der Waals surface area contributed by atoms with E-state index >= 15 is 0 Å². The number of carbonyl (C=O) groups excluding carboxylic acids is 1. The SMILES string of the molecule is CCOCCCC(=O)Nc1ccc(N)c(OC)c1. The molecule has 0 spiro atoms. The predicted molar refractivity (Wildman–Crippen MR) is 71.8 cm³/mol. The molecule has 3 N–H and O–H groups in total. The summed E-state index contributed by atoms with van der Waals surface area (Å²) in [6.45, 7) is 3.21. The number of nitrogen functional groups attached to an aromatic ring is 1. The minimum Gasteiger partial charge on any atom is -0.495 e. The molecule has 0 bridgehead atoms. The van der Waals surface area contributed by atoms with Crippen LogP contribution >= 0.6 is 0 Å². The van der Waals surface area contributed by atoms with Crippen LogP contribution in [0.5, 0.6) is 5.75 Å². The van der Waals surface area contributed by atoms with Crippen molar-refractivity contribution in [3.8, 4) is 5.75 Å². The van der Waals surface area contributed by atoms with E-state index in [4.69, 9.17) is 15.2 Å². The molecule has 0 fully saturated rings. The first-order valence-corrected chi connectivity index (χ1v) is 5.98. The molecule has 1 rings (SSSR count). The Balaban J connectivity index is 2.44. The number of hydrogen-bond acceptors (Lipinski definition) is 4. The van der Waals surface area contributed by atoms with E-state index in [9.17, 15) is 4.79 Å². The van der Waals surface area contributed by atoms with E-state index in [0.717, 1.165) is 0 Å². The van der Waals surface area contributed by atoms with E-state index in [1.165, 1.54) is 0 Å². The van der Waals surface area contributed by atoms with E-state index < -0.39 is 0 Å². The Labute approximate surface area is 107 Å². The topological polar surface area (TPSA) is 73.6 Å². The molecule has 0 aromatic heterocycles. The fourth-order valence-electron chi connectivity index (χ4n) is 1.49. The molecule has 0 aliphatic rings. The van der Waals surface area contributed by atoms with E-state index in [-0.39, 0.29) is 5.91 Å². The molecule has 0 saturated heterocycles. The lowest BCUT2D eigenvalue weighted by Gasteiger charge is -2.09. The molecule has 100 valence electrons. The second-order valence-corrected chi connectivity index (χ2v) is 3.81. The summed E-state index contributed by atoms with van der Waals surface area (Å²) in [6, 6.07) is 5.16. The molecule has 0 heterocycles. The summed E-state index contributed by atoms with van der Waals surface area (Å²) >= 11 is 0. The lowest BCUT2D eigenvalue weighted by Crippen LogP contribution is -2.12. The van der Waals surface area contributed by atoms with Crippen LogP contribution in [0.2, 0.25) is 0 Å². The van der Waals surface area contributed by atoms with Gasteiger partial charge in [0.25, 0.3) is 0 Å². The number of benzene rings is 1. The van der Waals surface area contributed by atoms with Crippen LogP contribution in [0.3, 0.4) is 0 Å². The Hall–Kier alpha value is -1.75. The molecular weight excluding hydrogens is 232 g/mol. The van der Waals surface area contributed by atoms with Crippen molar-refractivity contribution in [3.05, 3.63) is 18.2 Å². The van der Waals surface area contributed by atoms with Crippen molar-refractivity contribution >= 4 is 17.3 Å². The van der Waals surface area contributed by atoms with Crippen molar-refractivity contribution in [1.82, 2.24) is 0 Å². The van der Waals surface area contributed by atoms with Crippen LogP contribution in [-0.2, 0) is 9.53 Å². The second kappa shape index (κ2) is 7.55. The molecule has 5 nitrogen and oxygen atoms in total. The van der Waals surface area contributed by atoms with Crippen LogP contribution in [0.1, 0.15) is 19.8 Å². The molecule has 0 aliphatic heterocycles. The second-order valence-electron chi connectivity index (χ2n) is 3.81. The molecule has 0 radical (unpaired) electrons. The van der Waals surface area contributed by atoms with Gasteiger partial charge in [0, 0.05) is 31.4 Å². The minimum absolute atomic E-state index is 0.0403. The molecule has 18 heavy (non-hydrogen) atoms. The molecular formula is C13H20N2O3. The first kappa shape index (κ1) is 14.3. The van der Waals surface area contributed by atoms with Crippen molar-refractivity contribution in [2.45, 2.75) is 19.8 Å². The number of methoxy groups -OCH3 is 1. The van der Waals surface area contributed by atoms with Crippen LogP contribution < -0.4 is 15.8 Å². The molecule has 0 saturated carbocycles. The lowest BCUT2D eigenvalue weighted by atomic mass is 10.2. The quantitative estimate of drug-likeness (QED) is 0.575. The average molecular weight is 252 g/mol. The van der Waals surface area contributed by atoms with E-state index in [1.54, 1.807) is 25.3 Å². The minimum atomic E-state index is -0.0403. The monoisotopic (exact) mass is 252 g/mol. The summed E-state index contributed by atoms with van der Waals surface area (Å²) in [4.78, 5) is 11.6. The zero-order valence-corrected chi connectivity index (χ0v) is 10.9. The number of amides is 1. The number of carbonyl (C=O) groups is 1. The number of rotatable bonds is 7. The van der Waals surface area contributed by atoms with Crippen molar-refractivity contribution < 1.29 is 14.3 Å². The summed E-state index contributed by atoms with van der Waals surface area (Å²) in [5.41, 5.74) is 6.92. The van der Waals surface area contributed by atoms with Crippen LogP contribution in [-0.4, -0.2) is 26.2 Å². The fourth-order valence-corrected chi connectivity index (χ4v) is 1.49. The molecule has 0 aliphatic carbocycles. The Kier molecular flexibility index (Phi) is 6.00. The maximum Gasteiger partial charge on any atom is 0.224 e. The number of anilines is 2. The van der Waals surface area contributed by atoms with Gasteiger partial charge in [-0.25, -0.2) is 0 Å². The summed E-state index contributed by atoms with van der Waals surface area (Å²) in [7, 11) is 1.54. The molecule has 0 atom stereocenters. The molecule has 0 unspecified atom stereocenters. The summed E-state index contributed by atoms with van der Waals surface area (Å²) < 4.78 is 10.3. The van der Waals surface area contributed by atoms with Crippen LogP contribution in [0.15, 0.2) is 18.2 Å². The van der Waals surface area contributed by atoms with Gasteiger partial charge in [0.2, 0.25) is 5.91 Å². The van der Waals surface area contributed by atoms with Gasteiger partial charge >= 0.3 is 0 Å². The highest BCUT2D eigenvalue weighted by atomic mass is 16.5. The van der Waals surface area contributed by atoms with E-state index in [0.29, 0.717) is 43.2 Å². The summed E-state index contributed by atoms with van der Waals surface area (Å²) in [6.07, 6.45) is 1.15. The number of nitrogens with one attached hydrogen (secondary N) is 1. The predicted octanol–water partition coefficient (Wildman–Crippen LogP) is 2.03. The van der Waals surface area contributed by atoms with Crippen LogP contribution in [0.4, 0.5) is 11.4 Å². The smallest absolute Gasteiger partial charge is 0.224 e. The first-order chi connectivity index (χ1) is 8.67. The Morgan fingerprint density at radius 3 is 2.89 bits per heavy atom. The normalized spacial score (nSPS) is 10.1. The Morgan fingerprint density at radius 2 is 2.22 bits per heavy atom. The highest BCUT2D eigenvalue weighted by Crippen LogP contribution is 2.24. The zero-order chi connectivity index (χ0) is 13.4. The van der Waals surface area contributed by atoms with Gasteiger partial charge in [0.15, 0.2) is 0 Å². The van der Waals surface area contributed by atoms with Gasteiger partial charge in [-0.3, -0.25) is 4.79 Å². The van der Waals surface area contributed by atoms with Gasteiger partial charge < -0.3 is 20.5 Å². The molecule has 5 heteroatoms. The molecule has 1 aromatic rings. The Bertz CT molecular complexity index is 394. The number of ether oxygens (including phenoxy) is 2. The molecule has 1 aromatic carbocycles. The van der Waals surface area contributed by atoms with Gasteiger partial charge in [0.05, 0.1) is 12.8 Å². The Morgan fingerprint density at radius 1 is 1.44 bits per heavy atom. The molecule has 1 amide bonds. The largest absolute Gasteiger partial charge is 0.495 e. The maximum atomic E-state index is 11.6. The third-order valence-electron chi connectivity index (χ3n) is 2.41. The van der Waals surface area contributed by atoms with E-state index in [1.807, 2.05) is 6.92 Å². The third-order valence-corrected chi connectivity index (χ3v) is 2.41. The average Bonchev–Trinajstić information content (AvgIpc) is 2.37. The van der Waals surface area contributed by atoms with Crippen LogP contribution in [0, 0.1) is 0 Å². The lowest BCUT2D eigenvalue weighted by molar-refractivity contribution is -0.116. The number of hydrogen-bond donors (Lipinski definition) is 2. The van der Waals surface area contributed by atoms with Gasteiger partial charge in [-0.1, -0.05) is 0 Å².